The first kappa shape index (κ1) is 23.9. The Morgan fingerprint density at radius 3 is 2.14 bits per heavy atom. The van der Waals surface area contributed by atoms with Crippen molar-refractivity contribution in [1.82, 2.24) is 14.3 Å². The second-order valence-corrected chi connectivity index (χ2v) is 11.9. The van der Waals surface area contributed by atoms with Gasteiger partial charge in [-0.05, 0) is 64.5 Å². The van der Waals surface area contributed by atoms with E-state index in [9.17, 15) is 0 Å². The normalized spacial score (nSPS) is 16.7. The monoisotopic (exact) mass is 564 g/mol. The smallest absolute Gasteiger partial charge is 0.104 e. The summed E-state index contributed by atoms with van der Waals surface area (Å²) in [5, 5.41) is 14.1. The Bertz CT molecular complexity index is 2480. The van der Waals surface area contributed by atoms with E-state index in [2.05, 4.69) is 165 Å². The molecular weight excluding hydrogens is 536 g/mol. The number of anilines is 1. The van der Waals surface area contributed by atoms with Gasteiger partial charge in [0.25, 0.3) is 0 Å². The van der Waals surface area contributed by atoms with Gasteiger partial charge in [-0.15, -0.1) is 0 Å². The third kappa shape index (κ3) is 3.26. The largest absolute Gasteiger partial charge is 0.366 e. The van der Waals surface area contributed by atoms with Gasteiger partial charge in [0.2, 0.25) is 0 Å². The number of rotatable bonds is 3. The van der Waals surface area contributed by atoms with Crippen LogP contribution >= 0.6 is 0 Å². The molecule has 208 valence electrons. The predicted molar refractivity (Wildman–Crippen MR) is 182 cm³/mol. The molecule has 2 N–H and O–H groups in total. The highest BCUT2D eigenvalue weighted by molar-refractivity contribution is 6.28. The van der Waals surface area contributed by atoms with E-state index in [4.69, 9.17) is 0 Å². The molecule has 1 aliphatic rings. The van der Waals surface area contributed by atoms with Crippen LogP contribution in [0, 0.1) is 0 Å². The maximum absolute atomic E-state index is 3.88. The van der Waals surface area contributed by atoms with Crippen LogP contribution < -0.4 is 10.6 Å². The quantitative estimate of drug-likeness (QED) is 0.224. The van der Waals surface area contributed by atoms with Crippen LogP contribution in [0.3, 0.4) is 0 Å². The first-order valence-electron chi connectivity index (χ1n) is 15.3. The van der Waals surface area contributed by atoms with Gasteiger partial charge in [0.05, 0.1) is 28.1 Å². The Morgan fingerprint density at radius 2 is 1.25 bits per heavy atom. The third-order valence-electron chi connectivity index (χ3n) is 9.58. The number of benzene rings is 6. The molecule has 2 atom stereocenters. The van der Waals surface area contributed by atoms with Crippen molar-refractivity contribution in [2.24, 2.45) is 0 Å². The lowest BCUT2D eigenvalue weighted by Crippen LogP contribution is -2.37. The van der Waals surface area contributed by atoms with Crippen molar-refractivity contribution in [3.05, 3.63) is 162 Å². The molecular formula is C40H28N4. The van der Waals surface area contributed by atoms with E-state index in [0.29, 0.717) is 0 Å². The lowest BCUT2D eigenvalue weighted by Gasteiger charge is -2.35. The van der Waals surface area contributed by atoms with Gasteiger partial charge in [-0.3, -0.25) is 5.32 Å². The van der Waals surface area contributed by atoms with Gasteiger partial charge in [-0.25, -0.2) is 0 Å². The maximum atomic E-state index is 3.88. The van der Waals surface area contributed by atoms with Crippen LogP contribution in [0.2, 0.25) is 0 Å². The highest BCUT2D eigenvalue weighted by atomic mass is 15.2. The van der Waals surface area contributed by atoms with Crippen molar-refractivity contribution in [3.8, 4) is 5.69 Å². The minimum Gasteiger partial charge on any atom is -0.366 e. The molecule has 10 rings (SSSR count). The number of nitrogens with one attached hydrogen (secondary N) is 2. The summed E-state index contributed by atoms with van der Waals surface area (Å²) < 4.78 is 4.81. The molecule has 0 fully saturated rings. The zero-order chi connectivity index (χ0) is 28.8. The standard InChI is InChI=1S/C40H28N4/c1-2-9-25(10-3-1)38-31-12-4-5-15-32(31)41-40(42-38)27-19-21-28(22-20-27)44-34-17-7-13-29-30-14-6-11-26-23-24-43(39(26)30)33-16-8-18-35(44)37(33)36(29)34/h1-24,38,40-42H. The molecule has 4 heterocycles. The highest BCUT2D eigenvalue weighted by Crippen LogP contribution is 2.42. The van der Waals surface area contributed by atoms with Crippen molar-refractivity contribution in [1.29, 1.82) is 0 Å². The van der Waals surface area contributed by atoms with Gasteiger partial charge < -0.3 is 14.3 Å². The summed E-state index contributed by atoms with van der Waals surface area (Å²) in [6.07, 6.45) is 2.21. The molecule has 4 heteroatoms. The lowest BCUT2D eigenvalue weighted by molar-refractivity contribution is 0.506. The Labute approximate surface area is 254 Å². The Balaban J connectivity index is 1.14. The molecule has 0 amide bonds. The van der Waals surface area contributed by atoms with Gasteiger partial charge in [-0.1, -0.05) is 97.1 Å². The molecule has 0 aliphatic carbocycles. The number of hydrogen-bond acceptors (Lipinski definition) is 2. The van der Waals surface area contributed by atoms with Gasteiger partial charge in [0, 0.05) is 39.1 Å². The van der Waals surface area contributed by atoms with Crippen molar-refractivity contribution in [2.45, 2.75) is 12.2 Å². The Morgan fingerprint density at radius 1 is 0.523 bits per heavy atom. The molecule has 0 radical (unpaired) electrons. The van der Waals surface area contributed by atoms with E-state index in [-0.39, 0.29) is 12.2 Å². The van der Waals surface area contributed by atoms with Crippen molar-refractivity contribution in [3.63, 3.8) is 0 Å². The fourth-order valence-corrected chi connectivity index (χ4v) is 7.66. The minimum atomic E-state index is -0.0150. The van der Waals surface area contributed by atoms with Gasteiger partial charge in [0.15, 0.2) is 0 Å². The lowest BCUT2D eigenvalue weighted by atomic mass is 9.93. The van der Waals surface area contributed by atoms with Gasteiger partial charge in [0.1, 0.15) is 6.17 Å². The Kier molecular flexibility index (Phi) is 4.87. The van der Waals surface area contributed by atoms with Gasteiger partial charge in [-0.2, -0.15) is 0 Å². The van der Waals surface area contributed by atoms with E-state index in [1.807, 2.05) is 0 Å². The summed E-state index contributed by atoms with van der Waals surface area (Å²) >= 11 is 0. The van der Waals surface area contributed by atoms with Crippen LogP contribution in [0.5, 0.6) is 0 Å². The van der Waals surface area contributed by atoms with Crippen LogP contribution in [-0.4, -0.2) is 8.97 Å². The molecule has 0 spiro atoms. The first-order chi connectivity index (χ1) is 21.8. The minimum absolute atomic E-state index is 0.0150. The van der Waals surface area contributed by atoms with Gasteiger partial charge >= 0.3 is 0 Å². The van der Waals surface area contributed by atoms with E-state index in [0.717, 1.165) is 5.69 Å². The fraction of sp³-hybridized carbons (Fsp3) is 0.0500. The second-order valence-electron chi connectivity index (χ2n) is 11.9. The van der Waals surface area contributed by atoms with Crippen molar-refractivity contribution in [2.75, 3.05) is 5.32 Å². The zero-order valence-electron chi connectivity index (χ0n) is 23.9. The van der Waals surface area contributed by atoms with E-state index in [1.54, 1.807) is 0 Å². The topological polar surface area (TPSA) is 33.4 Å². The Hall–Kier alpha value is -5.58. The summed E-state index contributed by atoms with van der Waals surface area (Å²) in [6, 6.07) is 50.9. The van der Waals surface area contributed by atoms with Crippen molar-refractivity contribution >= 4 is 54.7 Å². The fourth-order valence-electron chi connectivity index (χ4n) is 7.66. The number of para-hydroxylation sites is 2. The van der Waals surface area contributed by atoms with Crippen LogP contribution in [0.1, 0.15) is 28.9 Å². The predicted octanol–water partition coefficient (Wildman–Crippen LogP) is 9.58. The number of hydrogen-bond donors (Lipinski definition) is 2. The molecule has 0 saturated heterocycles. The molecule has 1 aliphatic heterocycles. The van der Waals surface area contributed by atoms with E-state index in [1.165, 1.54) is 71.4 Å². The maximum Gasteiger partial charge on any atom is 0.104 e. The van der Waals surface area contributed by atoms with Crippen LogP contribution in [0.25, 0.3) is 54.7 Å². The number of nitrogens with zero attached hydrogens (tertiary/aromatic N) is 2. The van der Waals surface area contributed by atoms with E-state index >= 15 is 0 Å². The molecule has 3 aromatic heterocycles. The summed E-state index contributed by atoms with van der Waals surface area (Å²) in [4.78, 5) is 0. The molecule has 6 aromatic carbocycles. The molecule has 0 saturated carbocycles. The average molecular weight is 565 g/mol. The van der Waals surface area contributed by atoms with Crippen LogP contribution in [-0.2, 0) is 0 Å². The summed E-state index contributed by atoms with van der Waals surface area (Å²) in [5.41, 5.74) is 11.0. The van der Waals surface area contributed by atoms with Crippen LogP contribution in [0.15, 0.2) is 146 Å². The third-order valence-corrected chi connectivity index (χ3v) is 9.58. The first-order valence-corrected chi connectivity index (χ1v) is 15.3. The SMILES string of the molecule is c1ccc(C2NC(c3ccc(-n4c5cccc6c7cccc8ccn(c9cccc4c9c65)c87)cc3)Nc3ccccc32)cc1. The summed E-state index contributed by atoms with van der Waals surface area (Å²) in [5.74, 6) is 0. The molecule has 4 nitrogen and oxygen atoms in total. The molecule has 2 unspecified atom stereocenters. The summed E-state index contributed by atoms with van der Waals surface area (Å²) in [6.45, 7) is 0. The zero-order valence-corrected chi connectivity index (χ0v) is 23.9. The average Bonchev–Trinajstić information content (AvgIpc) is 3.64. The molecule has 0 bridgehead atoms. The highest BCUT2D eigenvalue weighted by Gasteiger charge is 2.28. The molecule has 44 heavy (non-hydrogen) atoms. The second kappa shape index (κ2) is 8.96. The number of fused-ring (bicyclic) bond motifs is 3. The summed E-state index contributed by atoms with van der Waals surface area (Å²) in [7, 11) is 0. The molecule has 9 aromatic rings. The number of aromatic nitrogens is 2. The van der Waals surface area contributed by atoms with Crippen molar-refractivity contribution < 1.29 is 0 Å². The van der Waals surface area contributed by atoms with E-state index < -0.39 is 0 Å². The van der Waals surface area contributed by atoms with Crippen LogP contribution in [0.4, 0.5) is 5.69 Å².